The van der Waals surface area contributed by atoms with Crippen molar-refractivity contribution in [1.82, 2.24) is 15.4 Å². The second-order valence-corrected chi connectivity index (χ2v) is 7.67. The van der Waals surface area contributed by atoms with E-state index in [0.717, 1.165) is 55.3 Å². The number of aryl methyl sites for hydroxylation is 2. The van der Waals surface area contributed by atoms with Crippen LogP contribution >= 0.6 is 0 Å². The van der Waals surface area contributed by atoms with Gasteiger partial charge in [-0.1, -0.05) is 5.16 Å². The van der Waals surface area contributed by atoms with Crippen LogP contribution in [0.3, 0.4) is 0 Å². The van der Waals surface area contributed by atoms with E-state index in [0.29, 0.717) is 29.5 Å². The highest BCUT2D eigenvalue weighted by atomic mass is 16.7. The maximum atomic E-state index is 12.5. The van der Waals surface area contributed by atoms with Crippen LogP contribution in [0.1, 0.15) is 40.2 Å². The average Bonchev–Trinajstić information content (AvgIpc) is 3.31. The van der Waals surface area contributed by atoms with Crippen molar-refractivity contribution < 1.29 is 23.5 Å². The van der Waals surface area contributed by atoms with Crippen LogP contribution in [-0.2, 0) is 6.54 Å². The summed E-state index contributed by atoms with van der Waals surface area (Å²) in [7, 11) is 1.67. The fraction of sp³-hybridized carbons (Fsp3) is 0.524. The number of hydrogen-bond acceptors (Lipinski definition) is 7. The first-order chi connectivity index (χ1) is 14.0. The first-order valence-corrected chi connectivity index (χ1v) is 9.95. The van der Waals surface area contributed by atoms with E-state index in [1.54, 1.807) is 21.0 Å². The largest absolute Gasteiger partial charge is 0.496 e. The lowest BCUT2D eigenvalue weighted by atomic mass is 9.97. The summed E-state index contributed by atoms with van der Waals surface area (Å²) in [6.45, 7) is 7.14. The molecule has 1 N–H and O–H groups in total. The molecule has 2 aromatic rings. The Bertz CT molecular complexity index is 875. The summed E-state index contributed by atoms with van der Waals surface area (Å²) >= 11 is 0. The SMILES string of the molecule is COc1cc2c(cc1CN1CCCC(CNC(=O)c3c(C)noc3C)C1)OCO2. The number of ether oxygens (including phenoxy) is 3. The molecule has 1 aromatic carbocycles. The van der Waals surface area contributed by atoms with Crippen molar-refractivity contribution in [2.24, 2.45) is 5.92 Å². The van der Waals surface area contributed by atoms with Crippen LogP contribution in [0, 0.1) is 19.8 Å². The molecule has 4 rings (SSSR count). The fourth-order valence-electron chi connectivity index (χ4n) is 4.11. The number of amides is 1. The van der Waals surface area contributed by atoms with Crippen molar-refractivity contribution in [3.8, 4) is 17.2 Å². The molecule has 29 heavy (non-hydrogen) atoms. The predicted molar refractivity (Wildman–Crippen MR) is 105 cm³/mol. The number of fused-ring (bicyclic) bond motifs is 1. The van der Waals surface area contributed by atoms with Gasteiger partial charge < -0.3 is 24.1 Å². The second-order valence-electron chi connectivity index (χ2n) is 7.67. The molecule has 8 heteroatoms. The molecule has 1 amide bonds. The number of rotatable bonds is 6. The van der Waals surface area contributed by atoms with E-state index in [1.165, 1.54) is 0 Å². The minimum atomic E-state index is -0.115. The highest BCUT2D eigenvalue weighted by molar-refractivity contribution is 5.96. The smallest absolute Gasteiger partial charge is 0.256 e. The van der Waals surface area contributed by atoms with E-state index in [1.807, 2.05) is 12.1 Å². The van der Waals surface area contributed by atoms with E-state index in [2.05, 4.69) is 15.4 Å². The molecule has 0 bridgehead atoms. The molecule has 1 saturated heterocycles. The Labute approximate surface area is 170 Å². The zero-order valence-electron chi connectivity index (χ0n) is 17.1. The maximum absolute atomic E-state index is 12.5. The molecule has 8 nitrogen and oxygen atoms in total. The second kappa shape index (κ2) is 8.32. The molecular weight excluding hydrogens is 374 g/mol. The topological polar surface area (TPSA) is 86.1 Å². The van der Waals surface area contributed by atoms with Gasteiger partial charge in [0.1, 0.15) is 17.1 Å². The minimum absolute atomic E-state index is 0.115. The number of aromatic nitrogens is 1. The maximum Gasteiger partial charge on any atom is 0.256 e. The van der Waals surface area contributed by atoms with Crippen molar-refractivity contribution in [3.05, 3.63) is 34.7 Å². The van der Waals surface area contributed by atoms with Gasteiger partial charge in [-0.15, -0.1) is 0 Å². The Morgan fingerprint density at radius 3 is 2.83 bits per heavy atom. The van der Waals surface area contributed by atoms with Crippen molar-refractivity contribution in [2.45, 2.75) is 33.2 Å². The Kier molecular flexibility index (Phi) is 5.62. The van der Waals surface area contributed by atoms with Crippen LogP contribution in [0.25, 0.3) is 0 Å². The predicted octanol–water partition coefficient (Wildman–Crippen LogP) is 2.67. The van der Waals surface area contributed by atoms with Crippen LogP contribution in [0.15, 0.2) is 16.7 Å². The normalized spacial score (nSPS) is 18.7. The molecule has 1 fully saturated rings. The van der Waals surface area contributed by atoms with Crippen LogP contribution in [0.5, 0.6) is 17.2 Å². The standard InChI is InChI=1S/C21H27N3O5/c1-13-20(14(2)29-23-13)21(25)22-9-15-5-4-6-24(10-15)11-16-7-18-19(28-12-27-18)8-17(16)26-3/h7-8,15H,4-6,9-12H2,1-3H3,(H,22,25). The van der Waals surface area contributed by atoms with E-state index < -0.39 is 0 Å². The number of carbonyl (C=O) groups is 1. The summed E-state index contributed by atoms with van der Waals surface area (Å²) < 4.78 is 21.6. The Hall–Kier alpha value is -2.74. The van der Waals surface area contributed by atoms with Gasteiger partial charge in [0.25, 0.3) is 5.91 Å². The molecule has 3 heterocycles. The lowest BCUT2D eigenvalue weighted by molar-refractivity contribution is 0.0928. The third-order valence-corrected chi connectivity index (χ3v) is 5.58. The van der Waals surface area contributed by atoms with Gasteiger partial charge in [-0.3, -0.25) is 9.69 Å². The van der Waals surface area contributed by atoms with Crippen LogP contribution in [0.2, 0.25) is 0 Å². The van der Waals surface area contributed by atoms with Crippen molar-refractivity contribution in [3.63, 3.8) is 0 Å². The Morgan fingerprint density at radius 1 is 1.31 bits per heavy atom. The number of methoxy groups -OCH3 is 1. The average molecular weight is 401 g/mol. The van der Waals surface area contributed by atoms with Gasteiger partial charge in [-0.25, -0.2) is 0 Å². The minimum Gasteiger partial charge on any atom is -0.496 e. The number of benzene rings is 1. The fourth-order valence-corrected chi connectivity index (χ4v) is 4.11. The molecule has 0 spiro atoms. The number of nitrogens with one attached hydrogen (secondary N) is 1. The summed E-state index contributed by atoms with van der Waals surface area (Å²) in [5.74, 6) is 3.14. The first kappa shape index (κ1) is 19.6. The number of likely N-dealkylation sites (tertiary alicyclic amines) is 1. The summed E-state index contributed by atoms with van der Waals surface area (Å²) in [5, 5.41) is 6.91. The van der Waals surface area contributed by atoms with Crippen LogP contribution in [0.4, 0.5) is 0 Å². The lowest BCUT2D eigenvalue weighted by Gasteiger charge is -2.33. The van der Waals surface area contributed by atoms with E-state index in [4.69, 9.17) is 18.7 Å². The first-order valence-electron chi connectivity index (χ1n) is 9.95. The zero-order chi connectivity index (χ0) is 20.4. The number of nitrogens with zero attached hydrogens (tertiary/aromatic N) is 2. The molecule has 0 aliphatic carbocycles. The molecule has 0 radical (unpaired) electrons. The summed E-state index contributed by atoms with van der Waals surface area (Å²) in [6.07, 6.45) is 2.19. The van der Waals surface area contributed by atoms with Gasteiger partial charge in [0, 0.05) is 31.3 Å². The molecule has 1 aromatic heterocycles. The van der Waals surface area contributed by atoms with Gasteiger partial charge in [0.05, 0.1) is 12.8 Å². The van der Waals surface area contributed by atoms with Gasteiger partial charge in [-0.2, -0.15) is 0 Å². The zero-order valence-corrected chi connectivity index (χ0v) is 17.1. The number of piperidine rings is 1. The van der Waals surface area contributed by atoms with Crippen molar-refractivity contribution >= 4 is 5.91 Å². The van der Waals surface area contributed by atoms with Gasteiger partial charge >= 0.3 is 0 Å². The molecule has 0 saturated carbocycles. The van der Waals surface area contributed by atoms with E-state index in [-0.39, 0.29) is 12.7 Å². The highest BCUT2D eigenvalue weighted by Gasteiger charge is 2.25. The highest BCUT2D eigenvalue weighted by Crippen LogP contribution is 2.38. The molecule has 2 aliphatic rings. The van der Waals surface area contributed by atoms with E-state index in [9.17, 15) is 4.79 Å². The van der Waals surface area contributed by atoms with Gasteiger partial charge in [0.2, 0.25) is 6.79 Å². The lowest BCUT2D eigenvalue weighted by Crippen LogP contribution is -2.40. The quantitative estimate of drug-likeness (QED) is 0.796. The molecular formula is C21H27N3O5. The summed E-state index contributed by atoms with van der Waals surface area (Å²) in [6, 6.07) is 3.90. The third kappa shape index (κ3) is 4.17. The van der Waals surface area contributed by atoms with Crippen molar-refractivity contribution in [2.75, 3.05) is 33.5 Å². The molecule has 1 atom stereocenters. The molecule has 156 valence electrons. The number of hydrogen-bond donors (Lipinski definition) is 1. The molecule has 1 unspecified atom stereocenters. The van der Waals surface area contributed by atoms with Crippen LogP contribution in [-0.4, -0.2) is 49.5 Å². The summed E-state index contributed by atoms with van der Waals surface area (Å²) in [5.41, 5.74) is 2.25. The van der Waals surface area contributed by atoms with E-state index >= 15 is 0 Å². The van der Waals surface area contributed by atoms with Crippen LogP contribution < -0.4 is 19.5 Å². The summed E-state index contributed by atoms with van der Waals surface area (Å²) in [4.78, 5) is 14.9. The van der Waals surface area contributed by atoms with Gasteiger partial charge in [0.15, 0.2) is 11.5 Å². The van der Waals surface area contributed by atoms with Gasteiger partial charge in [-0.05, 0) is 45.2 Å². The Morgan fingerprint density at radius 2 is 2.10 bits per heavy atom. The monoisotopic (exact) mass is 401 g/mol. The third-order valence-electron chi connectivity index (χ3n) is 5.58. The number of carbonyl (C=O) groups excluding carboxylic acids is 1. The van der Waals surface area contributed by atoms with Crippen molar-refractivity contribution in [1.29, 1.82) is 0 Å². The Balaban J connectivity index is 1.36. The molecule has 2 aliphatic heterocycles.